The van der Waals surface area contributed by atoms with Gasteiger partial charge in [0.1, 0.15) is 28.5 Å². The summed E-state index contributed by atoms with van der Waals surface area (Å²) < 4.78 is 40.1. The molecule has 0 aliphatic rings. The average Bonchev–Trinajstić information content (AvgIpc) is 2.99. The van der Waals surface area contributed by atoms with Crippen LogP contribution in [0.2, 0.25) is 0 Å². The van der Waals surface area contributed by atoms with Crippen molar-refractivity contribution < 1.29 is 27.5 Å². The number of esters is 1. The summed E-state index contributed by atoms with van der Waals surface area (Å²) in [6.07, 6.45) is 2.02. The molecule has 0 spiro atoms. The number of benzene rings is 2. The molecule has 46 heavy (non-hydrogen) atoms. The van der Waals surface area contributed by atoms with Gasteiger partial charge >= 0.3 is 12.1 Å². The maximum absolute atomic E-state index is 13.9. The topological polar surface area (TPSA) is 119 Å². The molecule has 0 unspecified atom stereocenters. The first-order valence-electron chi connectivity index (χ1n) is 14.8. The molecule has 2 aromatic heterocycles. The fourth-order valence-corrected chi connectivity index (χ4v) is 5.82. The van der Waals surface area contributed by atoms with Crippen LogP contribution in [0, 0.1) is 0 Å². The molecule has 4 aromatic rings. The van der Waals surface area contributed by atoms with Crippen molar-refractivity contribution in [1.29, 1.82) is 0 Å². The van der Waals surface area contributed by atoms with Crippen LogP contribution in [0.25, 0.3) is 11.1 Å². The van der Waals surface area contributed by atoms with Crippen molar-refractivity contribution in [3.05, 3.63) is 109 Å². The highest BCUT2D eigenvalue weighted by Crippen LogP contribution is 2.25. The fourth-order valence-electron chi connectivity index (χ4n) is 4.46. The Kier molecular flexibility index (Phi) is 10.6. The van der Waals surface area contributed by atoms with Gasteiger partial charge in [0.15, 0.2) is 0 Å². The number of ether oxygens (including phenoxy) is 2. The summed E-state index contributed by atoms with van der Waals surface area (Å²) in [5, 5.41) is 0. The molecule has 11 heteroatoms. The number of carbonyl (C=O) groups is 2. The molecule has 0 saturated carbocycles. The molecule has 0 saturated heterocycles. The number of sulfonamides is 1. The molecule has 0 radical (unpaired) electrons. The van der Waals surface area contributed by atoms with E-state index in [1.807, 2.05) is 54.6 Å². The van der Waals surface area contributed by atoms with E-state index in [-0.39, 0.29) is 23.8 Å². The van der Waals surface area contributed by atoms with Gasteiger partial charge in [-0.25, -0.2) is 18.2 Å². The third-order valence-electron chi connectivity index (χ3n) is 6.42. The third kappa shape index (κ3) is 9.69. The molecule has 10 nitrogen and oxygen atoms in total. The predicted molar refractivity (Wildman–Crippen MR) is 176 cm³/mol. The Morgan fingerprint density at radius 2 is 1.39 bits per heavy atom. The largest absolute Gasteiger partial charge is 0.459 e. The number of amides is 1. The van der Waals surface area contributed by atoms with Gasteiger partial charge in [-0.1, -0.05) is 60.7 Å². The number of anilines is 1. The molecule has 0 aliphatic heterocycles. The van der Waals surface area contributed by atoms with Crippen molar-refractivity contribution >= 4 is 27.9 Å². The number of hydrogen-bond acceptors (Lipinski definition) is 8. The molecule has 2 heterocycles. The first kappa shape index (κ1) is 34.3. The van der Waals surface area contributed by atoms with Crippen LogP contribution in [0.5, 0.6) is 0 Å². The second-order valence-corrected chi connectivity index (χ2v) is 14.6. The lowest BCUT2D eigenvalue weighted by Gasteiger charge is -2.28. The lowest BCUT2D eigenvalue weighted by molar-refractivity contribution is -0.153. The Balaban J connectivity index is 1.67. The van der Waals surface area contributed by atoms with Crippen molar-refractivity contribution in [3.63, 3.8) is 0 Å². The molecule has 1 amide bonds. The highest BCUT2D eigenvalue weighted by Gasteiger charge is 2.30. The molecule has 0 bridgehead atoms. The molecule has 0 aliphatic carbocycles. The quantitative estimate of drug-likeness (QED) is 0.177. The second kappa shape index (κ2) is 14.2. The van der Waals surface area contributed by atoms with Gasteiger partial charge in [-0.15, -0.1) is 0 Å². The van der Waals surface area contributed by atoms with Crippen LogP contribution in [-0.2, 0) is 37.4 Å². The van der Waals surface area contributed by atoms with Crippen LogP contribution >= 0.6 is 0 Å². The molecule has 4 rings (SSSR count). The van der Waals surface area contributed by atoms with E-state index in [4.69, 9.17) is 9.47 Å². The Bertz CT molecular complexity index is 1730. The Labute approximate surface area is 271 Å². The standard InChI is InChI=1S/C35H40N4O6S/c1-34(2,3)44-32(40)25-39(33(41)45-35(4,5)6)31-16-10-14-29(37-31)24-38(46(42,43)30-15-11-21-36-22-30)23-26-17-19-28(20-18-26)27-12-8-7-9-13-27/h7-22H,23-25H2,1-6H3. The molecule has 2 aromatic carbocycles. The summed E-state index contributed by atoms with van der Waals surface area (Å²) in [7, 11) is -4.02. The number of carbonyl (C=O) groups excluding carboxylic acids is 2. The van der Waals surface area contributed by atoms with Crippen LogP contribution in [0.3, 0.4) is 0 Å². The average molecular weight is 645 g/mol. The number of aromatic nitrogens is 2. The predicted octanol–water partition coefficient (Wildman–Crippen LogP) is 6.62. The van der Waals surface area contributed by atoms with E-state index in [1.54, 1.807) is 65.8 Å². The third-order valence-corrected chi connectivity index (χ3v) is 8.20. The van der Waals surface area contributed by atoms with E-state index >= 15 is 0 Å². The van der Waals surface area contributed by atoms with Gasteiger partial charge in [0.05, 0.1) is 12.2 Å². The lowest BCUT2D eigenvalue weighted by atomic mass is 10.0. The van der Waals surface area contributed by atoms with Gasteiger partial charge in [0.2, 0.25) is 10.0 Å². The van der Waals surface area contributed by atoms with Crippen molar-refractivity contribution in [1.82, 2.24) is 14.3 Å². The molecule has 242 valence electrons. The number of pyridine rings is 2. The van der Waals surface area contributed by atoms with Crippen LogP contribution in [0.4, 0.5) is 10.6 Å². The Morgan fingerprint density at radius 1 is 0.739 bits per heavy atom. The van der Waals surface area contributed by atoms with E-state index in [0.717, 1.165) is 21.6 Å². The molecular weight excluding hydrogens is 604 g/mol. The van der Waals surface area contributed by atoms with Gasteiger partial charge < -0.3 is 9.47 Å². The summed E-state index contributed by atoms with van der Waals surface area (Å²) in [6.45, 7) is 9.81. The highest BCUT2D eigenvalue weighted by atomic mass is 32.2. The van der Waals surface area contributed by atoms with E-state index in [9.17, 15) is 18.0 Å². The fraction of sp³-hybridized carbons (Fsp3) is 0.314. The van der Waals surface area contributed by atoms with Gasteiger partial charge in [-0.2, -0.15) is 4.31 Å². The van der Waals surface area contributed by atoms with E-state index < -0.39 is 39.8 Å². The van der Waals surface area contributed by atoms with Crippen LogP contribution in [-0.4, -0.2) is 52.5 Å². The van der Waals surface area contributed by atoms with Crippen LogP contribution in [0.1, 0.15) is 52.8 Å². The summed E-state index contributed by atoms with van der Waals surface area (Å²) in [5.74, 6) is -0.533. The lowest BCUT2D eigenvalue weighted by Crippen LogP contribution is -2.42. The minimum absolute atomic E-state index is 0.0346. The number of hydrogen-bond donors (Lipinski definition) is 0. The van der Waals surface area contributed by atoms with Gasteiger partial charge in [0.25, 0.3) is 0 Å². The monoisotopic (exact) mass is 644 g/mol. The summed E-state index contributed by atoms with van der Waals surface area (Å²) in [4.78, 5) is 35.8. The zero-order valence-electron chi connectivity index (χ0n) is 27.0. The summed E-state index contributed by atoms with van der Waals surface area (Å²) in [6, 6.07) is 25.5. The van der Waals surface area contributed by atoms with Gasteiger partial charge in [0, 0.05) is 18.9 Å². The maximum atomic E-state index is 13.9. The minimum atomic E-state index is -4.02. The zero-order chi connectivity index (χ0) is 33.5. The normalized spacial score (nSPS) is 12.1. The van der Waals surface area contributed by atoms with E-state index in [2.05, 4.69) is 9.97 Å². The van der Waals surface area contributed by atoms with Gasteiger partial charge in [-0.3, -0.25) is 14.7 Å². The molecule has 0 atom stereocenters. The highest BCUT2D eigenvalue weighted by molar-refractivity contribution is 7.89. The maximum Gasteiger partial charge on any atom is 0.416 e. The van der Waals surface area contributed by atoms with Crippen molar-refractivity contribution in [2.45, 2.75) is 70.7 Å². The van der Waals surface area contributed by atoms with Crippen LogP contribution in [0.15, 0.2) is 102 Å². The van der Waals surface area contributed by atoms with E-state index in [1.165, 1.54) is 22.8 Å². The molecular formula is C35H40N4O6S. The number of nitrogens with zero attached hydrogens (tertiary/aromatic N) is 4. The van der Waals surface area contributed by atoms with Gasteiger partial charge in [-0.05, 0) is 82.5 Å². The minimum Gasteiger partial charge on any atom is -0.459 e. The van der Waals surface area contributed by atoms with Crippen LogP contribution < -0.4 is 4.90 Å². The Morgan fingerprint density at radius 3 is 2.00 bits per heavy atom. The van der Waals surface area contributed by atoms with Crippen molar-refractivity contribution in [2.75, 3.05) is 11.4 Å². The summed E-state index contributed by atoms with van der Waals surface area (Å²) >= 11 is 0. The number of rotatable bonds is 10. The first-order valence-corrected chi connectivity index (χ1v) is 16.3. The first-order chi connectivity index (χ1) is 21.6. The molecule has 0 fully saturated rings. The Hall–Kier alpha value is -4.61. The van der Waals surface area contributed by atoms with Crippen molar-refractivity contribution in [3.8, 4) is 11.1 Å². The van der Waals surface area contributed by atoms with E-state index in [0.29, 0.717) is 5.69 Å². The smallest absolute Gasteiger partial charge is 0.416 e. The van der Waals surface area contributed by atoms with Crippen molar-refractivity contribution in [2.24, 2.45) is 0 Å². The molecule has 0 N–H and O–H groups in total. The second-order valence-electron chi connectivity index (χ2n) is 12.7. The SMILES string of the molecule is CC(C)(C)OC(=O)CN(C(=O)OC(C)(C)C)c1cccc(CN(Cc2ccc(-c3ccccc3)cc2)S(=O)(=O)c2cccnc2)n1. The zero-order valence-corrected chi connectivity index (χ0v) is 27.8. The summed E-state index contributed by atoms with van der Waals surface area (Å²) in [5.41, 5.74) is 1.56.